The lowest BCUT2D eigenvalue weighted by Crippen LogP contribution is -2.60. The highest BCUT2D eigenvalue weighted by Gasteiger charge is 2.84. The lowest BCUT2D eigenvalue weighted by atomic mass is 9.41. The number of carbonyl (C=O) groups is 1. The smallest absolute Gasteiger partial charge is 0.303 e. The standard InChI is InChI=1S/C44H76N2O8/c1-28(11-14-34(40(5,6)49)53-29(2)47)36-37(51-10)38(48)42(8)32-13-12-31-39(3,4)33(15-16-43(31)27-44(32,43)18-17-41(36,42)7)54-35-26-46(20-22-52-35)25-30-23-45(24-30)19-21-50-9/h28,30-38,48-49H,11-27H2,1-10H3/t28-,31+,32?,33+,34+,35+,36+,37?,38+,41-,42-,43-,44?/m1/s1. The maximum Gasteiger partial charge on any atom is 0.303 e. The van der Waals surface area contributed by atoms with Crippen molar-refractivity contribution in [3.05, 3.63) is 0 Å². The second-order valence-electron chi connectivity index (χ2n) is 21.0. The van der Waals surface area contributed by atoms with Gasteiger partial charge in [0.1, 0.15) is 6.10 Å². The molecular weight excluding hydrogens is 684 g/mol. The molecule has 2 spiro atoms. The predicted octanol–water partition coefficient (Wildman–Crippen LogP) is 5.76. The van der Waals surface area contributed by atoms with Gasteiger partial charge in [-0.2, -0.15) is 0 Å². The van der Waals surface area contributed by atoms with Crippen LogP contribution < -0.4 is 0 Å². The lowest BCUT2D eigenvalue weighted by molar-refractivity contribution is -0.250. The summed E-state index contributed by atoms with van der Waals surface area (Å²) in [7, 11) is 3.56. The first-order chi connectivity index (χ1) is 25.4. The maximum atomic E-state index is 12.5. The monoisotopic (exact) mass is 761 g/mol. The molecule has 10 heteroatoms. The highest BCUT2D eigenvalue weighted by Crippen LogP contribution is 2.89. The Morgan fingerprint density at radius 3 is 2.33 bits per heavy atom. The molecule has 2 heterocycles. The first kappa shape index (κ1) is 41.3. The average molecular weight is 761 g/mol. The molecule has 3 unspecified atom stereocenters. The zero-order chi connectivity index (χ0) is 39.1. The van der Waals surface area contributed by atoms with Crippen LogP contribution in [0.15, 0.2) is 0 Å². The van der Waals surface area contributed by atoms with Gasteiger partial charge in [-0.25, -0.2) is 0 Å². The predicted molar refractivity (Wildman–Crippen MR) is 208 cm³/mol. The average Bonchev–Trinajstić information content (AvgIpc) is 3.72. The molecule has 13 atom stereocenters. The summed E-state index contributed by atoms with van der Waals surface area (Å²) in [5, 5.41) is 23.3. The number of rotatable bonds is 14. The van der Waals surface area contributed by atoms with E-state index in [1.165, 1.54) is 32.6 Å². The van der Waals surface area contributed by atoms with Gasteiger partial charge >= 0.3 is 5.97 Å². The fourth-order valence-corrected chi connectivity index (χ4v) is 14.9. The van der Waals surface area contributed by atoms with Gasteiger partial charge < -0.3 is 38.8 Å². The van der Waals surface area contributed by atoms with E-state index in [1.807, 2.05) is 0 Å². The van der Waals surface area contributed by atoms with Gasteiger partial charge in [-0.3, -0.25) is 9.69 Å². The third-order valence-corrected chi connectivity index (χ3v) is 17.7. The van der Waals surface area contributed by atoms with Crippen LogP contribution in [0, 0.1) is 56.7 Å². The van der Waals surface area contributed by atoms with E-state index in [-0.39, 0.29) is 58.0 Å². The van der Waals surface area contributed by atoms with Crippen LogP contribution >= 0.6 is 0 Å². The first-order valence-electron chi connectivity index (χ1n) is 21.7. The number of aliphatic hydroxyl groups excluding tert-OH is 1. The van der Waals surface area contributed by atoms with E-state index in [2.05, 4.69) is 44.4 Å². The van der Waals surface area contributed by atoms with Crippen LogP contribution in [0.4, 0.5) is 0 Å². The summed E-state index contributed by atoms with van der Waals surface area (Å²) in [5.41, 5.74) is -0.841. The van der Waals surface area contributed by atoms with Crippen LogP contribution in [0.3, 0.4) is 0 Å². The molecule has 10 nitrogen and oxygen atoms in total. The maximum absolute atomic E-state index is 12.5. The number of hydrogen-bond acceptors (Lipinski definition) is 10. The molecule has 0 aromatic carbocycles. The Morgan fingerprint density at radius 1 is 0.963 bits per heavy atom. The number of nitrogens with zero attached hydrogens (tertiary/aromatic N) is 2. The number of esters is 1. The van der Waals surface area contributed by atoms with Crippen molar-refractivity contribution in [2.75, 3.05) is 66.7 Å². The molecule has 0 aromatic rings. The van der Waals surface area contributed by atoms with E-state index < -0.39 is 17.8 Å². The Morgan fingerprint density at radius 2 is 1.67 bits per heavy atom. The van der Waals surface area contributed by atoms with Crippen molar-refractivity contribution in [2.24, 2.45) is 56.7 Å². The van der Waals surface area contributed by atoms with Crippen molar-refractivity contribution in [1.82, 2.24) is 9.80 Å². The van der Waals surface area contributed by atoms with Crippen molar-refractivity contribution in [3.8, 4) is 0 Å². The Hall–Kier alpha value is -0.850. The summed E-state index contributed by atoms with van der Waals surface area (Å²) in [4.78, 5) is 17.0. The van der Waals surface area contributed by atoms with Crippen LogP contribution in [0.5, 0.6) is 0 Å². The normalized spacial score (nSPS) is 44.6. The van der Waals surface area contributed by atoms with E-state index in [9.17, 15) is 15.0 Å². The number of aliphatic hydroxyl groups is 2. The van der Waals surface area contributed by atoms with Crippen molar-refractivity contribution < 1.29 is 38.7 Å². The number of ether oxygens (including phenoxy) is 5. The fourth-order valence-electron chi connectivity index (χ4n) is 14.9. The van der Waals surface area contributed by atoms with Crippen LogP contribution in [0.2, 0.25) is 0 Å². The zero-order valence-electron chi connectivity index (χ0n) is 35.5. The molecule has 7 aliphatic rings. The minimum atomic E-state index is -1.12. The second kappa shape index (κ2) is 14.8. The summed E-state index contributed by atoms with van der Waals surface area (Å²) < 4.78 is 30.5. The quantitative estimate of drug-likeness (QED) is 0.212. The molecular formula is C44H76N2O8. The molecule has 7 rings (SSSR count). The van der Waals surface area contributed by atoms with Gasteiger partial charge in [-0.15, -0.1) is 0 Å². The topological polar surface area (TPSA) is 110 Å². The van der Waals surface area contributed by atoms with Crippen molar-refractivity contribution in [3.63, 3.8) is 0 Å². The highest BCUT2D eigenvalue weighted by molar-refractivity contribution is 5.66. The minimum Gasteiger partial charge on any atom is -0.460 e. The van der Waals surface area contributed by atoms with Gasteiger partial charge in [-0.05, 0) is 123 Å². The van der Waals surface area contributed by atoms with E-state index in [0.29, 0.717) is 23.7 Å². The molecule has 7 fully saturated rings. The SMILES string of the molecule is COCCN1CC(CN2CCO[C@@H](O[C@H]3CC[C@]45CC46CC[C@]4(C)[C@@H]([C@H](C)CC[C@H](OC(C)=O)C(C)(C)O)C(OC)[C@H](O)[C@@]4(C)C6CC[C@H]5C3(C)C)C2)C1. The molecule has 2 aliphatic heterocycles. The first-order valence-corrected chi connectivity index (χ1v) is 21.7. The number of carbonyl (C=O) groups excluding carboxylic acids is 1. The van der Waals surface area contributed by atoms with Crippen molar-refractivity contribution >= 4 is 5.97 Å². The Labute approximate surface area is 326 Å². The summed E-state index contributed by atoms with van der Waals surface area (Å²) in [6, 6.07) is 0. The number of hydrogen-bond donors (Lipinski definition) is 2. The van der Waals surface area contributed by atoms with E-state index in [1.54, 1.807) is 28.1 Å². The molecule has 2 N–H and O–H groups in total. The molecule has 0 amide bonds. The summed E-state index contributed by atoms with van der Waals surface area (Å²) in [6.07, 6.45) is 8.25. The summed E-state index contributed by atoms with van der Waals surface area (Å²) in [5.74, 6) is 1.81. The minimum absolute atomic E-state index is 0.0508. The summed E-state index contributed by atoms with van der Waals surface area (Å²) in [6.45, 7) is 24.9. The molecule has 0 bridgehead atoms. The number of methoxy groups -OCH3 is 2. The Balaban J connectivity index is 1.02. The number of fused-ring (bicyclic) bond motifs is 2. The van der Waals surface area contributed by atoms with Crippen LogP contribution in [0.1, 0.15) is 113 Å². The van der Waals surface area contributed by atoms with Crippen LogP contribution in [-0.4, -0.2) is 129 Å². The van der Waals surface area contributed by atoms with Gasteiger partial charge in [0, 0.05) is 65.8 Å². The van der Waals surface area contributed by atoms with Crippen LogP contribution in [-0.2, 0) is 28.5 Å². The number of likely N-dealkylation sites (tertiary alicyclic amines) is 1. The zero-order valence-corrected chi connectivity index (χ0v) is 35.5. The number of morpholine rings is 1. The van der Waals surface area contributed by atoms with Crippen LogP contribution in [0.25, 0.3) is 0 Å². The van der Waals surface area contributed by atoms with Gasteiger partial charge in [0.05, 0.1) is 37.1 Å². The van der Waals surface area contributed by atoms with E-state index >= 15 is 0 Å². The lowest BCUT2D eigenvalue weighted by Gasteiger charge is -2.64. The van der Waals surface area contributed by atoms with Gasteiger partial charge in [0.15, 0.2) is 6.29 Å². The molecule has 310 valence electrons. The molecule has 5 aliphatic carbocycles. The molecule has 2 saturated heterocycles. The van der Waals surface area contributed by atoms with Gasteiger partial charge in [0.25, 0.3) is 0 Å². The molecule has 5 saturated carbocycles. The fraction of sp³-hybridized carbons (Fsp3) is 0.977. The molecule has 0 radical (unpaired) electrons. The van der Waals surface area contributed by atoms with Gasteiger partial charge in [0.2, 0.25) is 0 Å². The van der Waals surface area contributed by atoms with Gasteiger partial charge in [-0.1, -0.05) is 34.6 Å². The Kier molecular flexibility index (Phi) is 11.3. The highest BCUT2D eigenvalue weighted by atomic mass is 16.7. The Bertz CT molecular complexity index is 1350. The van der Waals surface area contributed by atoms with E-state index in [4.69, 9.17) is 23.7 Å². The third-order valence-electron chi connectivity index (χ3n) is 17.7. The van der Waals surface area contributed by atoms with Crippen molar-refractivity contribution in [1.29, 1.82) is 0 Å². The summed E-state index contributed by atoms with van der Waals surface area (Å²) >= 11 is 0. The largest absolute Gasteiger partial charge is 0.460 e. The third kappa shape index (κ3) is 6.55. The van der Waals surface area contributed by atoms with E-state index in [0.717, 1.165) is 84.1 Å². The second-order valence-corrected chi connectivity index (χ2v) is 21.0. The molecule has 0 aromatic heterocycles. The van der Waals surface area contributed by atoms with Crippen molar-refractivity contribution in [2.45, 2.75) is 149 Å². The molecule has 54 heavy (non-hydrogen) atoms.